The molecule has 1 aliphatic carbocycles. The van der Waals surface area contributed by atoms with E-state index in [1.165, 1.54) is 11.8 Å². The number of aromatic nitrogens is 1. The Balaban J connectivity index is 1.81. The molecule has 6 nitrogen and oxygen atoms in total. The second-order valence-electron chi connectivity index (χ2n) is 7.91. The van der Waals surface area contributed by atoms with Crippen LogP contribution in [0.15, 0.2) is 47.5 Å². The summed E-state index contributed by atoms with van der Waals surface area (Å²) in [7, 11) is 4.73. The normalized spacial score (nSPS) is 12.4. The minimum absolute atomic E-state index is 0.00310. The van der Waals surface area contributed by atoms with Crippen molar-refractivity contribution in [3.63, 3.8) is 0 Å². The number of carbonyl (C=O) groups is 1. The zero-order valence-electron chi connectivity index (χ0n) is 19.5. The van der Waals surface area contributed by atoms with E-state index in [0.717, 1.165) is 48.1 Å². The van der Waals surface area contributed by atoms with Gasteiger partial charge in [0.05, 0.1) is 38.3 Å². The van der Waals surface area contributed by atoms with E-state index < -0.39 is 0 Å². The lowest BCUT2D eigenvalue weighted by Crippen LogP contribution is -2.11. The van der Waals surface area contributed by atoms with E-state index in [9.17, 15) is 10.1 Å². The van der Waals surface area contributed by atoms with E-state index >= 15 is 0 Å². The highest BCUT2D eigenvalue weighted by molar-refractivity contribution is 8.00. The molecule has 4 rings (SSSR count). The highest BCUT2D eigenvalue weighted by Gasteiger charge is 2.25. The molecule has 0 N–H and O–H groups in total. The van der Waals surface area contributed by atoms with Crippen molar-refractivity contribution >= 4 is 17.5 Å². The number of methoxy groups -OCH3 is 3. The van der Waals surface area contributed by atoms with Crippen molar-refractivity contribution in [1.29, 1.82) is 5.26 Å². The molecule has 7 heteroatoms. The molecule has 0 saturated carbocycles. The van der Waals surface area contributed by atoms with Crippen molar-refractivity contribution in [2.24, 2.45) is 0 Å². The van der Waals surface area contributed by atoms with Gasteiger partial charge in [-0.05, 0) is 48.9 Å². The van der Waals surface area contributed by atoms with Gasteiger partial charge in [-0.1, -0.05) is 42.1 Å². The first kappa shape index (κ1) is 23.7. The molecule has 0 atom stereocenters. The summed E-state index contributed by atoms with van der Waals surface area (Å²) in [6.07, 6.45) is 3.72. The summed E-state index contributed by atoms with van der Waals surface area (Å²) in [6, 6.07) is 15.3. The predicted octanol–water partition coefficient (Wildman–Crippen LogP) is 5.50. The third-order valence-corrected chi connectivity index (χ3v) is 6.94. The quantitative estimate of drug-likeness (QED) is 0.315. The molecule has 3 aromatic rings. The molecule has 0 saturated heterocycles. The van der Waals surface area contributed by atoms with Gasteiger partial charge in [0.1, 0.15) is 11.1 Å². The number of thioether (sulfide) groups is 1. The molecule has 0 bridgehead atoms. The van der Waals surface area contributed by atoms with Gasteiger partial charge < -0.3 is 14.2 Å². The minimum Gasteiger partial charge on any atom is -0.493 e. The zero-order chi connectivity index (χ0) is 24.1. The molecule has 2 aromatic carbocycles. The molecule has 0 spiro atoms. The summed E-state index contributed by atoms with van der Waals surface area (Å²) in [4.78, 5) is 17.7. The molecule has 0 fully saturated rings. The van der Waals surface area contributed by atoms with Crippen LogP contribution in [0.4, 0.5) is 0 Å². The highest BCUT2D eigenvalue weighted by atomic mass is 32.2. The summed E-state index contributed by atoms with van der Waals surface area (Å²) in [6.45, 7) is 0. The number of nitrogens with zero attached hydrogens (tertiary/aromatic N) is 2. The van der Waals surface area contributed by atoms with E-state index in [4.69, 9.17) is 19.2 Å². The Hall–Kier alpha value is -3.50. The van der Waals surface area contributed by atoms with Gasteiger partial charge in [0.25, 0.3) is 0 Å². The maximum atomic E-state index is 12.7. The smallest absolute Gasteiger partial charge is 0.203 e. The van der Waals surface area contributed by atoms with Crippen LogP contribution in [-0.4, -0.2) is 37.8 Å². The Bertz CT molecular complexity index is 1230. The molecule has 0 amide bonds. The number of ketones is 1. The van der Waals surface area contributed by atoms with Crippen LogP contribution in [0.1, 0.15) is 39.9 Å². The zero-order valence-corrected chi connectivity index (χ0v) is 20.3. The lowest BCUT2D eigenvalue weighted by Gasteiger charge is -2.23. The van der Waals surface area contributed by atoms with Crippen LogP contribution in [-0.2, 0) is 12.8 Å². The Morgan fingerprint density at radius 3 is 2.24 bits per heavy atom. The standard InChI is InChI=1S/C27H26N2O4S/c1-31-23-13-18(14-24(32-2)26(23)33-3)25-20-12-8-7-11-19(20)21(15-28)27(29-25)34-16-22(30)17-9-5-4-6-10-17/h4-6,9-10,13-14H,7-8,11-12,16H2,1-3H3. The Morgan fingerprint density at radius 2 is 1.65 bits per heavy atom. The molecule has 1 aliphatic rings. The topological polar surface area (TPSA) is 81.4 Å². The molecular formula is C27H26N2O4S. The molecular weight excluding hydrogens is 448 g/mol. The lowest BCUT2D eigenvalue weighted by atomic mass is 9.86. The van der Waals surface area contributed by atoms with Gasteiger partial charge in [0.2, 0.25) is 5.75 Å². The van der Waals surface area contributed by atoms with Crippen molar-refractivity contribution in [3.05, 3.63) is 64.7 Å². The highest BCUT2D eigenvalue weighted by Crippen LogP contribution is 2.43. The number of fused-ring (bicyclic) bond motifs is 1. The van der Waals surface area contributed by atoms with Crippen LogP contribution in [0.3, 0.4) is 0 Å². The van der Waals surface area contributed by atoms with E-state index in [-0.39, 0.29) is 11.5 Å². The predicted molar refractivity (Wildman–Crippen MR) is 132 cm³/mol. The lowest BCUT2D eigenvalue weighted by molar-refractivity contribution is 0.102. The fourth-order valence-corrected chi connectivity index (χ4v) is 5.22. The van der Waals surface area contributed by atoms with Gasteiger partial charge in [-0.3, -0.25) is 4.79 Å². The van der Waals surface area contributed by atoms with Gasteiger partial charge >= 0.3 is 0 Å². The molecule has 0 aliphatic heterocycles. The number of ether oxygens (including phenoxy) is 3. The van der Waals surface area contributed by atoms with Crippen LogP contribution < -0.4 is 14.2 Å². The van der Waals surface area contributed by atoms with Crippen molar-refractivity contribution in [2.45, 2.75) is 30.7 Å². The number of hydrogen-bond donors (Lipinski definition) is 0. The molecule has 0 unspecified atom stereocenters. The maximum absolute atomic E-state index is 12.7. The molecule has 0 radical (unpaired) electrons. The monoisotopic (exact) mass is 474 g/mol. The van der Waals surface area contributed by atoms with Crippen LogP contribution in [0.5, 0.6) is 17.2 Å². The number of Topliss-reactive ketones (excluding diaryl/α,β-unsaturated/α-hetero) is 1. The Labute approximate surface area is 203 Å². The van der Waals surface area contributed by atoms with E-state index in [0.29, 0.717) is 33.4 Å². The van der Waals surface area contributed by atoms with Crippen molar-refractivity contribution in [3.8, 4) is 34.6 Å². The fraction of sp³-hybridized carbons (Fsp3) is 0.296. The first-order valence-corrected chi connectivity index (χ1v) is 12.1. The number of carbonyl (C=O) groups excluding carboxylic acids is 1. The number of benzene rings is 2. The van der Waals surface area contributed by atoms with Crippen LogP contribution in [0.25, 0.3) is 11.3 Å². The average molecular weight is 475 g/mol. The van der Waals surface area contributed by atoms with Crippen LogP contribution >= 0.6 is 11.8 Å². The summed E-state index contributed by atoms with van der Waals surface area (Å²) in [5.74, 6) is 1.81. The molecule has 34 heavy (non-hydrogen) atoms. The first-order chi connectivity index (χ1) is 16.6. The van der Waals surface area contributed by atoms with Crippen LogP contribution in [0, 0.1) is 11.3 Å². The van der Waals surface area contributed by atoms with E-state index in [1.807, 2.05) is 30.3 Å². The molecule has 1 aromatic heterocycles. The largest absolute Gasteiger partial charge is 0.493 e. The third-order valence-electron chi connectivity index (χ3n) is 5.97. The third kappa shape index (κ3) is 4.59. The average Bonchev–Trinajstić information content (AvgIpc) is 2.90. The number of rotatable bonds is 8. The Kier molecular flexibility index (Phi) is 7.39. The number of pyridine rings is 1. The van der Waals surface area contributed by atoms with Gasteiger partial charge in [-0.2, -0.15) is 5.26 Å². The van der Waals surface area contributed by atoms with E-state index in [1.54, 1.807) is 33.5 Å². The second kappa shape index (κ2) is 10.6. The summed E-state index contributed by atoms with van der Waals surface area (Å²) >= 11 is 1.31. The fourth-order valence-electron chi connectivity index (χ4n) is 4.31. The van der Waals surface area contributed by atoms with Gasteiger partial charge in [-0.25, -0.2) is 4.98 Å². The van der Waals surface area contributed by atoms with Gasteiger partial charge in [0.15, 0.2) is 17.3 Å². The maximum Gasteiger partial charge on any atom is 0.203 e. The number of nitriles is 1. The van der Waals surface area contributed by atoms with Crippen LogP contribution in [0.2, 0.25) is 0 Å². The van der Waals surface area contributed by atoms with Gasteiger partial charge in [-0.15, -0.1) is 0 Å². The summed E-state index contributed by atoms with van der Waals surface area (Å²) < 4.78 is 16.6. The Morgan fingerprint density at radius 1 is 1.00 bits per heavy atom. The van der Waals surface area contributed by atoms with Crippen molar-refractivity contribution in [2.75, 3.05) is 27.1 Å². The molecule has 1 heterocycles. The SMILES string of the molecule is COc1cc(-c2nc(SCC(=O)c3ccccc3)c(C#N)c3c2CCCC3)cc(OC)c1OC. The van der Waals surface area contributed by atoms with Crippen molar-refractivity contribution < 1.29 is 19.0 Å². The minimum atomic E-state index is 0.00310. The number of hydrogen-bond acceptors (Lipinski definition) is 7. The summed E-state index contributed by atoms with van der Waals surface area (Å²) in [5.41, 5.74) is 4.96. The second-order valence-corrected chi connectivity index (χ2v) is 8.87. The molecule has 174 valence electrons. The summed E-state index contributed by atoms with van der Waals surface area (Å²) in [5, 5.41) is 10.6. The van der Waals surface area contributed by atoms with Gasteiger partial charge in [0, 0.05) is 11.1 Å². The van der Waals surface area contributed by atoms with Crippen molar-refractivity contribution in [1.82, 2.24) is 4.98 Å². The first-order valence-electron chi connectivity index (χ1n) is 11.1. The van der Waals surface area contributed by atoms with E-state index in [2.05, 4.69) is 6.07 Å².